The Morgan fingerprint density at radius 1 is 1.00 bits per heavy atom. The van der Waals surface area contributed by atoms with Gasteiger partial charge < -0.3 is 25.4 Å². The predicted molar refractivity (Wildman–Crippen MR) is 137 cm³/mol. The molecule has 0 unspecified atom stereocenters. The normalized spacial score (nSPS) is 16.5. The lowest BCUT2D eigenvalue weighted by Crippen LogP contribution is -2.51. The number of rotatable bonds is 12. The maximum Gasteiger partial charge on any atom is 0.408 e. The van der Waals surface area contributed by atoms with E-state index in [1.54, 1.807) is 6.92 Å². The van der Waals surface area contributed by atoms with Gasteiger partial charge in [-0.15, -0.1) is 0 Å². The molecular formula is C28H33N3O6. The largest absolute Gasteiger partial charge is 0.463 e. The molecule has 1 fully saturated rings. The molecule has 3 amide bonds. The first-order valence-corrected chi connectivity index (χ1v) is 12.4. The van der Waals surface area contributed by atoms with E-state index < -0.39 is 30.1 Å². The highest BCUT2D eigenvalue weighted by Crippen LogP contribution is 2.17. The summed E-state index contributed by atoms with van der Waals surface area (Å²) in [6.45, 7) is 2.55. The third-order valence-electron chi connectivity index (χ3n) is 5.88. The second kappa shape index (κ2) is 14.4. The molecule has 2 aromatic carbocycles. The summed E-state index contributed by atoms with van der Waals surface area (Å²) in [5.41, 5.74) is 1.67. The molecule has 37 heavy (non-hydrogen) atoms. The number of carbonyl (C=O) groups excluding carboxylic acids is 4. The fourth-order valence-electron chi connectivity index (χ4n) is 4.00. The molecule has 1 aliphatic rings. The Bertz CT molecular complexity index is 1070. The zero-order chi connectivity index (χ0) is 26.5. The van der Waals surface area contributed by atoms with Gasteiger partial charge in [-0.05, 0) is 30.9 Å². The first-order valence-electron chi connectivity index (χ1n) is 12.4. The van der Waals surface area contributed by atoms with Gasteiger partial charge in [0.05, 0.1) is 6.61 Å². The summed E-state index contributed by atoms with van der Waals surface area (Å²) in [5.74, 6) is -1.39. The molecule has 0 bridgehead atoms. The number of nitrogens with one attached hydrogen (secondary N) is 3. The third kappa shape index (κ3) is 9.44. The van der Waals surface area contributed by atoms with Gasteiger partial charge in [0.25, 0.3) is 0 Å². The van der Waals surface area contributed by atoms with E-state index in [1.165, 1.54) is 12.2 Å². The van der Waals surface area contributed by atoms with Crippen molar-refractivity contribution in [1.29, 1.82) is 0 Å². The first-order chi connectivity index (χ1) is 17.9. The van der Waals surface area contributed by atoms with Crippen LogP contribution in [-0.2, 0) is 36.9 Å². The summed E-state index contributed by atoms with van der Waals surface area (Å²) in [5, 5.41) is 8.32. The number of hydrogen-bond donors (Lipinski definition) is 3. The van der Waals surface area contributed by atoms with Crippen LogP contribution < -0.4 is 16.0 Å². The first kappa shape index (κ1) is 27.4. The molecule has 0 aromatic heterocycles. The fraction of sp³-hybridized carbons (Fsp3) is 0.357. The molecule has 9 heteroatoms. The van der Waals surface area contributed by atoms with Gasteiger partial charge in [0, 0.05) is 31.0 Å². The predicted octanol–water partition coefficient (Wildman–Crippen LogP) is 2.65. The van der Waals surface area contributed by atoms with Gasteiger partial charge in [-0.3, -0.25) is 9.59 Å². The Hall–Kier alpha value is -4.14. The maximum atomic E-state index is 13.4. The number of esters is 1. The molecule has 3 atom stereocenters. The molecule has 1 heterocycles. The number of ether oxygens (including phenoxy) is 2. The average molecular weight is 508 g/mol. The van der Waals surface area contributed by atoms with Gasteiger partial charge in [0.1, 0.15) is 12.6 Å². The number of alkyl carbamates (subject to hydrolysis) is 1. The molecule has 0 aliphatic carbocycles. The van der Waals surface area contributed by atoms with Crippen LogP contribution in [-0.4, -0.2) is 49.1 Å². The highest BCUT2D eigenvalue weighted by atomic mass is 16.5. The standard InChI is InChI=1S/C28H33N3O6/c1-2-36-25(32)14-13-23(18-22-15-16-29-26(22)33)30-27(34)24(17-20-9-5-3-6-10-20)31-28(35)37-19-21-11-7-4-8-12-21/h3-14,22-24H,2,15-19H2,1H3,(H,29,33)(H,30,34)(H,31,35)/t22-,23+,24-/m0/s1. The minimum atomic E-state index is -0.943. The summed E-state index contributed by atoms with van der Waals surface area (Å²) < 4.78 is 10.3. The zero-order valence-electron chi connectivity index (χ0n) is 20.9. The van der Waals surface area contributed by atoms with Crippen LogP contribution in [0.4, 0.5) is 4.79 Å². The summed E-state index contributed by atoms with van der Waals surface area (Å²) in [7, 11) is 0. The molecule has 1 saturated heterocycles. The van der Waals surface area contributed by atoms with E-state index in [2.05, 4.69) is 16.0 Å². The number of amides is 3. The molecule has 0 saturated carbocycles. The van der Waals surface area contributed by atoms with Gasteiger partial charge in [-0.1, -0.05) is 66.7 Å². The van der Waals surface area contributed by atoms with Gasteiger partial charge in [0.15, 0.2) is 0 Å². The smallest absolute Gasteiger partial charge is 0.408 e. The minimum Gasteiger partial charge on any atom is -0.463 e. The van der Waals surface area contributed by atoms with Crippen LogP contribution in [0.2, 0.25) is 0 Å². The lowest BCUT2D eigenvalue weighted by molar-refractivity contribution is -0.137. The van der Waals surface area contributed by atoms with Gasteiger partial charge in [0.2, 0.25) is 11.8 Å². The zero-order valence-corrected chi connectivity index (χ0v) is 20.9. The van der Waals surface area contributed by atoms with Crippen LogP contribution in [0.1, 0.15) is 30.9 Å². The second-order valence-electron chi connectivity index (χ2n) is 8.69. The van der Waals surface area contributed by atoms with Gasteiger partial charge in [-0.25, -0.2) is 9.59 Å². The van der Waals surface area contributed by atoms with E-state index >= 15 is 0 Å². The monoisotopic (exact) mass is 507 g/mol. The van der Waals surface area contributed by atoms with E-state index in [4.69, 9.17) is 9.47 Å². The molecule has 9 nitrogen and oxygen atoms in total. The summed E-state index contributed by atoms with van der Waals surface area (Å²) in [4.78, 5) is 49.9. The second-order valence-corrected chi connectivity index (χ2v) is 8.69. The maximum absolute atomic E-state index is 13.4. The lowest BCUT2D eigenvalue weighted by Gasteiger charge is -2.23. The molecule has 2 aromatic rings. The van der Waals surface area contributed by atoms with E-state index in [0.29, 0.717) is 19.4 Å². The molecular weight excluding hydrogens is 474 g/mol. The summed E-state index contributed by atoms with van der Waals surface area (Å²) >= 11 is 0. The third-order valence-corrected chi connectivity index (χ3v) is 5.88. The Labute approximate surface area is 216 Å². The van der Waals surface area contributed by atoms with Crippen molar-refractivity contribution >= 4 is 23.9 Å². The van der Waals surface area contributed by atoms with Crippen molar-refractivity contribution in [2.45, 2.75) is 44.9 Å². The Balaban J connectivity index is 1.71. The van der Waals surface area contributed by atoms with Crippen molar-refractivity contribution < 1.29 is 28.7 Å². The van der Waals surface area contributed by atoms with Crippen LogP contribution in [0.3, 0.4) is 0 Å². The summed E-state index contributed by atoms with van der Waals surface area (Å²) in [6.07, 6.45) is 3.21. The van der Waals surface area contributed by atoms with Gasteiger partial charge >= 0.3 is 12.1 Å². The molecule has 0 radical (unpaired) electrons. The van der Waals surface area contributed by atoms with Crippen molar-refractivity contribution in [3.05, 3.63) is 83.9 Å². The number of carbonyl (C=O) groups is 4. The summed E-state index contributed by atoms with van der Waals surface area (Å²) in [6, 6.07) is 16.9. The SMILES string of the molecule is CCOC(=O)C=C[C@H](C[C@@H]1CCNC1=O)NC(=O)[C@H](Cc1ccccc1)NC(=O)OCc1ccccc1. The molecule has 3 N–H and O–H groups in total. The van der Waals surface area contributed by atoms with Crippen LogP contribution in [0.25, 0.3) is 0 Å². The number of hydrogen-bond acceptors (Lipinski definition) is 6. The molecule has 1 aliphatic heterocycles. The lowest BCUT2D eigenvalue weighted by atomic mass is 9.97. The van der Waals surface area contributed by atoms with E-state index in [9.17, 15) is 19.2 Å². The highest BCUT2D eigenvalue weighted by molar-refractivity contribution is 5.87. The van der Waals surface area contributed by atoms with E-state index in [1.807, 2.05) is 60.7 Å². The topological polar surface area (TPSA) is 123 Å². The van der Waals surface area contributed by atoms with Crippen molar-refractivity contribution in [2.75, 3.05) is 13.2 Å². The van der Waals surface area contributed by atoms with Crippen molar-refractivity contribution in [3.63, 3.8) is 0 Å². The molecule has 196 valence electrons. The van der Waals surface area contributed by atoms with Crippen molar-refractivity contribution in [1.82, 2.24) is 16.0 Å². The van der Waals surface area contributed by atoms with E-state index in [0.717, 1.165) is 11.1 Å². The van der Waals surface area contributed by atoms with Crippen LogP contribution >= 0.6 is 0 Å². The number of benzene rings is 2. The Morgan fingerprint density at radius 3 is 2.30 bits per heavy atom. The minimum absolute atomic E-state index is 0.0635. The van der Waals surface area contributed by atoms with Crippen LogP contribution in [0.5, 0.6) is 0 Å². The van der Waals surface area contributed by atoms with Crippen LogP contribution in [0, 0.1) is 5.92 Å². The quantitative estimate of drug-likeness (QED) is 0.300. The van der Waals surface area contributed by atoms with Crippen LogP contribution in [0.15, 0.2) is 72.8 Å². The van der Waals surface area contributed by atoms with Crippen molar-refractivity contribution in [2.24, 2.45) is 5.92 Å². The van der Waals surface area contributed by atoms with Crippen molar-refractivity contribution in [3.8, 4) is 0 Å². The molecule has 0 spiro atoms. The molecule has 3 rings (SSSR count). The highest BCUT2D eigenvalue weighted by Gasteiger charge is 2.29. The average Bonchev–Trinajstić information content (AvgIpc) is 3.31. The Morgan fingerprint density at radius 2 is 1.68 bits per heavy atom. The van der Waals surface area contributed by atoms with Gasteiger partial charge in [-0.2, -0.15) is 0 Å². The Kier molecular flexibility index (Phi) is 10.7. The van der Waals surface area contributed by atoms with E-state index in [-0.39, 0.29) is 31.5 Å². The fourth-order valence-corrected chi connectivity index (χ4v) is 4.00.